The highest BCUT2D eigenvalue weighted by atomic mass is 32.1. The van der Waals surface area contributed by atoms with Crippen molar-refractivity contribution in [2.24, 2.45) is 5.10 Å². The maximum absolute atomic E-state index is 5.32. The molecular formula is C19H18N4OS. The Labute approximate surface area is 151 Å². The Hall–Kier alpha value is -2.99. The Balaban J connectivity index is 1.86. The van der Waals surface area contributed by atoms with Crippen LogP contribution in [0, 0.1) is 11.7 Å². The van der Waals surface area contributed by atoms with Crippen LogP contribution in [-0.2, 0) is 0 Å². The molecule has 0 saturated carbocycles. The Morgan fingerprint density at radius 3 is 2.84 bits per heavy atom. The van der Waals surface area contributed by atoms with Crippen LogP contribution in [0.1, 0.15) is 11.1 Å². The molecule has 6 heteroatoms. The van der Waals surface area contributed by atoms with Crippen LogP contribution in [0.4, 0.5) is 0 Å². The second-order valence-electron chi connectivity index (χ2n) is 5.40. The Morgan fingerprint density at radius 2 is 2.04 bits per heavy atom. The monoisotopic (exact) mass is 350 g/mol. The zero-order valence-electron chi connectivity index (χ0n) is 14.0. The van der Waals surface area contributed by atoms with E-state index in [-0.39, 0.29) is 0 Å². The minimum Gasteiger partial charge on any atom is -0.496 e. The first-order valence-corrected chi connectivity index (χ1v) is 8.18. The molecule has 0 fully saturated rings. The summed E-state index contributed by atoms with van der Waals surface area (Å²) in [5.41, 5.74) is 3.09. The van der Waals surface area contributed by atoms with Crippen LogP contribution in [0.2, 0.25) is 0 Å². The third-order valence-corrected chi connectivity index (χ3v) is 3.87. The standard InChI is InChI=1S/C19H18N4OS/c1-14-7-5-9-16(13-14)18-21-22-19(25)23(18)20-12-6-10-15-8-3-4-11-17(15)24-2/h3-13H,1-2H3,(H,22,25)/b10-6+,20-12+. The van der Waals surface area contributed by atoms with Crippen LogP contribution >= 0.6 is 12.2 Å². The molecule has 0 aliphatic heterocycles. The van der Waals surface area contributed by atoms with E-state index in [0.717, 1.165) is 22.4 Å². The van der Waals surface area contributed by atoms with Crippen molar-refractivity contribution in [3.05, 3.63) is 70.5 Å². The molecule has 1 heterocycles. The summed E-state index contributed by atoms with van der Waals surface area (Å²) in [5, 5.41) is 11.5. The van der Waals surface area contributed by atoms with Gasteiger partial charge >= 0.3 is 0 Å². The van der Waals surface area contributed by atoms with Gasteiger partial charge < -0.3 is 4.74 Å². The summed E-state index contributed by atoms with van der Waals surface area (Å²) in [5.74, 6) is 1.49. The van der Waals surface area contributed by atoms with Gasteiger partial charge in [0.05, 0.1) is 7.11 Å². The van der Waals surface area contributed by atoms with Crippen LogP contribution in [-0.4, -0.2) is 28.2 Å². The Kier molecular flexibility index (Phi) is 5.20. The second-order valence-corrected chi connectivity index (χ2v) is 5.79. The fourth-order valence-electron chi connectivity index (χ4n) is 2.43. The van der Waals surface area contributed by atoms with Gasteiger partial charge in [-0.3, -0.25) is 0 Å². The average Bonchev–Trinajstić information content (AvgIpc) is 3.00. The van der Waals surface area contributed by atoms with Crippen LogP contribution in [0.25, 0.3) is 17.5 Å². The molecule has 0 saturated heterocycles. The van der Waals surface area contributed by atoms with Gasteiger partial charge in [0, 0.05) is 17.3 Å². The molecule has 0 aliphatic rings. The highest BCUT2D eigenvalue weighted by Gasteiger charge is 2.07. The van der Waals surface area contributed by atoms with E-state index in [1.165, 1.54) is 0 Å². The number of ether oxygens (including phenoxy) is 1. The molecule has 0 bridgehead atoms. The van der Waals surface area contributed by atoms with Gasteiger partial charge in [0.1, 0.15) is 5.75 Å². The van der Waals surface area contributed by atoms with Crippen molar-refractivity contribution in [3.63, 3.8) is 0 Å². The van der Waals surface area contributed by atoms with E-state index in [1.807, 2.05) is 67.6 Å². The molecule has 0 atom stereocenters. The van der Waals surface area contributed by atoms with Gasteiger partial charge in [0.25, 0.3) is 0 Å². The van der Waals surface area contributed by atoms with Crippen LogP contribution in [0.15, 0.2) is 59.7 Å². The molecule has 0 radical (unpaired) electrons. The third-order valence-electron chi connectivity index (χ3n) is 3.61. The lowest BCUT2D eigenvalue weighted by Gasteiger charge is -2.02. The number of aromatic nitrogens is 3. The topological polar surface area (TPSA) is 55.2 Å². The zero-order chi connectivity index (χ0) is 17.6. The normalized spacial score (nSPS) is 11.4. The van der Waals surface area contributed by atoms with E-state index in [2.05, 4.69) is 15.3 Å². The van der Waals surface area contributed by atoms with Crippen molar-refractivity contribution in [3.8, 4) is 17.1 Å². The number of rotatable bonds is 5. The number of para-hydroxylation sites is 1. The summed E-state index contributed by atoms with van der Waals surface area (Å²) in [6, 6.07) is 15.8. The van der Waals surface area contributed by atoms with Crippen LogP contribution in [0.3, 0.4) is 0 Å². The number of H-pyrrole nitrogens is 1. The predicted octanol–water partition coefficient (Wildman–Crippen LogP) is 4.47. The summed E-state index contributed by atoms with van der Waals surface area (Å²) in [6.07, 6.45) is 5.45. The first-order chi connectivity index (χ1) is 12.2. The van der Waals surface area contributed by atoms with Gasteiger partial charge in [-0.15, -0.1) is 0 Å². The number of hydrogen-bond donors (Lipinski definition) is 1. The lowest BCUT2D eigenvalue weighted by molar-refractivity contribution is 0.414. The lowest BCUT2D eigenvalue weighted by Crippen LogP contribution is -1.94. The van der Waals surface area contributed by atoms with Crippen LogP contribution < -0.4 is 4.74 Å². The molecule has 3 aromatic rings. The summed E-state index contributed by atoms with van der Waals surface area (Å²) in [4.78, 5) is 0. The van der Waals surface area contributed by atoms with Crippen molar-refractivity contribution in [2.45, 2.75) is 6.92 Å². The molecule has 3 rings (SSSR count). The van der Waals surface area contributed by atoms with Gasteiger partial charge in [-0.2, -0.15) is 14.9 Å². The van der Waals surface area contributed by atoms with Crippen molar-refractivity contribution < 1.29 is 4.74 Å². The van der Waals surface area contributed by atoms with E-state index in [4.69, 9.17) is 17.0 Å². The number of allylic oxidation sites excluding steroid dienone is 1. The van der Waals surface area contributed by atoms with E-state index < -0.39 is 0 Å². The molecule has 0 aliphatic carbocycles. The van der Waals surface area contributed by atoms with E-state index in [0.29, 0.717) is 10.6 Å². The summed E-state index contributed by atoms with van der Waals surface area (Å²) in [6.45, 7) is 2.04. The van der Waals surface area contributed by atoms with E-state index in [9.17, 15) is 0 Å². The van der Waals surface area contributed by atoms with Gasteiger partial charge in [0.15, 0.2) is 5.82 Å². The minimum absolute atomic E-state index is 0.443. The molecular weight excluding hydrogens is 332 g/mol. The quantitative estimate of drug-likeness (QED) is 0.545. The van der Waals surface area contributed by atoms with Crippen molar-refractivity contribution >= 4 is 24.5 Å². The SMILES string of the molecule is COc1ccccc1/C=C/C=N/n1c(-c2cccc(C)c2)n[nH]c1=S. The fraction of sp³-hybridized carbons (Fsp3) is 0.105. The largest absolute Gasteiger partial charge is 0.496 e. The number of aryl methyl sites for hydroxylation is 1. The average molecular weight is 350 g/mol. The number of nitrogens with one attached hydrogen (secondary N) is 1. The smallest absolute Gasteiger partial charge is 0.216 e. The maximum Gasteiger partial charge on any atom is 0.216 e. The maximum atomic E-state index is 5.32. The lowest BCUT2D eigenvalue weighted by atomic mass is 10.1. The highest BCUT2D eigenvalue weighted by Crippen LogP contribution is 2.19. The molecule has 1 N–H and O–H groups in total. The molecule has 25 heavy (non-hydrogen) atoms. The minimum atomic E-state index is 0.443. The number of benzene rings is 2. The second kappa shape index (κ2) is 7.72. The van der Waals surface area contributed by atoms with Crippen LogP contribution in [0.5, 0.6) is 5.75 Å². The third kappa shape index (κ3) is 3.92. The molecule has 0 spiro atoms. The summed E-state index contributed by atoms with van der Waals surface area (Å²) in [7, 11) is 1.65. The number of nitrogens with zero attached hydrogens (tertiary/aromatic N) is 3. The fourth-order valence-corrected chi connectivity index (χ4v) is 2.61. The highest BCUT2D eigenvalue weighted by molar-refractivity contribution is 7.71. The first kappa shape index (κ1) is 16.9. The molecule has 5 nitrogen and oxygen atoms in total. The zero-order valence-corrected chi connectivity index (χ0v) is 14.8. The summed E-state index contributed by atoms with van der Waals surface area (Å²) < 4.78 is 7.37. The number of hydrogen-bond acceptors (Lipinski definition) is 4. The molecule has 1 aromatic heterocycles. The van der Waals surface area contributed by atoms with Gasteiger partial charge in [-0.05, 0) is 43.4 Å². The van der Waals surface area contributed by atoms with Gasteiger partial charge in [-0.1, -0.05) is 42.0 Å². The number of methoxy groups -OCH3 is 1. The summed E-state index contributed by atoms with van der Waals surface area (Å²) >= 11 is 5.28. The Morgan fingerprint density at radius 1 is 1.20 bits per heavy atom. The Bertz CT molecular complexity index is 985. The van der Waals surface area contributed by atoms with Crippen molar-refractivity contribution in [2.75, 3.05) is 7.11 Å². The van der Waals surface area contributed by atoms with Gasteiger partial charge in [0.2, 0.25) is 4.77 Å². The van der Waals surface area contributed by atoms with Gasteiger partial charge in [-0.25, -0.2) is 5.10 Å². The van der Waals surface area contributed by atoms with Crippen molar-refractivity contribution in [1.82, 2.24) is 14.9 Å². The van der Waals surface area contributed by atoms with Crippen molar-refractivity contribution in [1.29, 1.82) is 0 Å². The molecule has 0 amide bonds. The first-order valence-electron chi connectivity index (χ1n) is 7.77. The predicted molar refractivity (Wildman–Crippen MR) is 104 cm³/mol. The molecule has 2 aromatic carbocycles. The van der Waals surface area contributed by atoms with E-state index >= 15 is 0 Å². The molecule has 0 unspecified atom stereocenters. The number of aromatic amines is 1. The van der Waals surface area contributed by atoms with E-state index in [1.54, 1.807) is 18.0 Å². The molecule has 126 valence electrons.